The van der Waals surface area contributed by atoms with Gasteiger partial charge in [-0.2, -0.15) is 0 Å². The quantitative estimate of drug-likeness (QED) is 0.768. The minimum absolute atomic E-state index is 0.176. The van der Waals surface area contributed by atoms with Crippen LogP contribution in [-0.2, 0) is 13.0 Å². The van der Waals surface area contributed by atoms with Gasteiger partial charge < -0.3 is 10.3 Å². The lowest BCUT2D eigenvalue weighted by Gasteiger charge is -2.10. The van der Waals surface area contributed by atoms with Crippen LogP contribution in [0.4, 0.5) is 0 Å². The molecule has 2 N–H and O–H groups in total. The second-order valence-corrected chi connectivity index (χ2v) is 6.34. The monoisotopic (exact) mass is 292 g/mol. The molecule has 0 saturated heterocycles. The van der Waals surface area contributed by atoms with Crippen molar-refractivity contribution in [3.8, 4) is 0 Å². The Morgan fingerprint density at radius 3 is 2.45 bits per heavy atom. The van der Waals surface area contributed by atoms with Crippen LogP contribution in [0.2, 0.25) is 0 Å². The van der Waals surface area contributed by atoms with Crippen molar-refractivity contribution >= 4 is 10.9 Å². The van der Waals surface area contributed by atoms with Gasteiger partial charge in [0.2, 0.25) is 0 Å². The highest BCUT2D eigenvalue weighted by Crippen LogP contribution is 2.28. The molecule has 0 spiro atoms. The van der Waals surface area contributed by atoms with E-state index < -0.39 is 0 Å². The predicted molar refractivity (Wildman–Crippen MR) is 94.3 cm³/mol. The van der Waals surface area contributed by atoms with Crippen molar-refractivity contribution in [2.75, 3.05) is 0 Å². The summed E-state index contributed by atoms with van der Waals surface area (Å²) in [6.07, 6.45) is 0.924. The van der Waals surface area contributed by atoms with Crippen LogP contribution in [-0.4, -0.2) is 10.6 Å². The van der Waals surface area contributed by atoms with Gasteiger partial charge in [0.25, 0.3) is 0 Å². The number of hydrogen-bond donors (Lipinski definition) is 1. The zero-order chi connectivity index (χ0) is 15.7. The van der Waals surface area contributed by atoms with Crippen molar-refractivity contribution < 1.29 is 0 Å². The minimum Gasteiger partial charge on any atom is -0.340 e. The average molecular weight is 292 g/mol. The van der Waals surface area contributed by atoms with Gasteiger partial charge in [0.05, 0.1) is 0 Å². The SMILES string of the molecule is Cc1ccc2c(c1)c(CC(C)N)c(C)n2Cc1ccccc1. The number of benzene rings is 2. The zero-order valence-corrected chi connectivity index (χ0v) is 13.6. The van der Waals surface area contributed by atoms with Gasteiger partial charge in [0, 0.05) is 29.2 Å². The van der Waals surface area contributed by atoms with E-state index in [0.717, 1.165) is 13.0 Å². The highest BCUT2D eigenvalue weighted by Gasteiger charge is 2.15. The van der Waals surface area contributed by atoms with Gasteiger partial charge in [-0.1, -0.05) is 42.0 Å². The first-order valence-corrected chi connectivity index (χ1v) is 7.94. The van der Waals surface area contributed by atoms with Gasteiger partial charge in [-0.3, -0.25) is 0 Å². The van der Waals surface area contributed by atoms with E-state index in [1.807, 2.05) is 0 Å². The van der Waals surface area contributed by atoms with E-state index in [-0.39, 0.29) is 6.04 Å². The van der Waals surface area contributed by atoms with E-state index in [2.05, 4.69) is 73.9 Å². The van der Waals surface area contributed by atoms with Gasteiger partial charge in [0.1, 0.15) is 0 Å². The number of fused-ring (bicyclic) bond motifs is 1. The van der Waals surface area contributed by atoms with Crippen molar-refractivity contribution in [2.24, 2.45) is 5.73 Å². The Hall–Kier alpha value is -2.06. The number of nitrogens with two attached hydrogens (primary N) is 1. The molecule has 3 aromatic rings. The second kappa shape index (κ2) is 5.98. The summed E-state index contributed by atoms with van der Waals surface area (Å²) in [6.45, 7) is 7.36. The van der Waals surface area contributed by atoms with Crippen LogP contribution >= 0.6 is 0 Å². The van der Waals surface area contributed by atoms with Crippen LogP contribution < -0.4 is 5.73 Å². The van der Waals surface area contributed by atoms with Gasteiger partial charge in [0.15, 0.2) is 0 Å². The number of nitrogens with zero attached hydrogens (tertiary/aromatic N) is 1. The maximum atomic E-state index is 6.07. The van der Waals surface area contributed by atoms with E-state index in [0.29, 0.717) is 0 Å². The molecule has 0 aliphatic rings. The maximum Gasteiger partial charge on any atom is 0.0488 e. The maximum absolute atomic E-state index is 6.07. The number of hydrogen-bond acceptors (Lipinski definition) is 1. The van der Waals surface area contributed by atoms with Gasteiger partial charge in [-0.15, -0.1) is 0 Å². The fourth-order valence-electron chi connectivity index (χ4n) is 3.21. The molecule has 2 heteroatoms. The Morgan fingerprint density at radius 2 is 1.77 bits per heavy atom. The molecule has 0 aliphatic heterocycles. The predicted octanol–water partition coefficient (Wildman–Crippen LogP) is 4.20. The van der Waals surface area contributed by atoms with Gasteiger partial charge >= 0.3 is 0 Å². The first-order valence-electron chi connectivity index (χ1n) is 7.94. The molecule has 1 atom stereocenters. The molecular formula is C20H24N2. The molecule has 2 nitrogen and oxygen atoms in total. The van der Waals surface area contributed by atoms with E-state index >= 15 is 0 Å². The molecule has 114 valence electrons. The summed E-state index contributed by atoms with van der Waals surface area (Å²) in [5, 5.41) is 1.35. The third kappa shape index (κ3) is 2.79. The second-order valence-electron chi connectivity index (χ2n) is 6.34. The fourth-order valence-corrected chi connectivity index (χ4v) is 3.21. The fraction of sp³-hybridized carbons (Fsp3) is 0.300. The topological polar surface area (TPSA) is 30.9 Å². The number of aryl methyl sites for hydroxylation is 1. The summed E-state index contributed by atoms with van der Waals surface area (Å²) >= 11 is 0. The first-order chi connectivity index (χ1) is 10.6. The van der Waals surface area contributed by atoms with Crippen molar-refractivity contribution in [3.63, 3.8) is 0 Å². The molecule has 2 aromatic carbocycles. The largest absolute Gasteiger partial charge is 0.340 e. The van der Waals surface area contributed by atoms with Gasteiger partial charge in [-0.05, 0) is 50.5 Å². The molecule has 1 unspecified atom stereocenters. The van der Waals surface area contributed by atoms with E-state index in [9.17, 15) is 0 Å². The number of aromatic nitrogens is 1. The molecule has 22 heavy (non-hydrogen) atoms. The Morgan fingerprint density at radius 1 is 1.05 bits per heavy atom. The summed E-state index contributed by atoms with van der Waals surface area (Å²) in [5.41, 5.74) is 12.7. The Kier molecular flexibility index (Phi) is 4.04. The smallest absolute Gasteiger partial charge is 0.0488 e. The van der Waals surface area contributed by atoms with Crippen LogP contribution in [0.3, 0.4) is 0 Å². The van der Waals surface area contributed by atoms with Crippen molar-refractivity contribution in [3.05, 3.63) is 70.9 Å². The lowest BCUT2D eigenvalue weighted by atomic mass is 10.0. The number of rotatable bonds is 4. The van der Waals surface area contributed by atoms with Crippen molar-refractivity contribution in [2.45, 2.75) is 39.8 Å². The van der Waals surface area contributed by atoms with E-state index in [1.165, 1.54) is 33.3 Å². The third-order valence-electron chi connectivity index (χ3n) is 4.32. The molecule has 3 rings (SSSR count). The normalized spacial score (nSPS) is 12.7. The highest BCUT2D eigenvalue weighted by atomic mass is 15.0. The Balaban J connectivity index is 2.15. The molecule has 0 amide bonds. The summed E-state index contributed by atoms with van der Waals surface area (Å²) in [6, 6.07) is 17.5. The van der Waals surface area contributed by atoms with E-state index in [4.69, 9.17) is 5.73 Å². The molecule has 0 fully saturated rings. The Bertz CT molecular complexity index is 782. The summed E-state index contributed by atoms with van der Waals surface area (Å²) < 4.78 is 2.42. The van der Waals surface area contributed by atoms with Crippen LogP contribution in [0.15, 0.2) is 48.5 Å². The minimum atomic E-state index is 0.176. The summed E-state index contributed by atoms with van der Waals surface area (Å²) in [4.78, 5) is 0. The summed E-state index contributed by atoms with van der Waals surface area (Å²) in [5.74, 6) is 0. The Labute approximate surface area is 132 Å². The highest BCUT2D eigenvalue weighted by molar-refractivity contribution is 5.86. The average Bonchev–Trinajstić information content (AvgIpc) is 2.73. The van der Waals surface area contributed by atoms with Gasteiger partial charge in [-0.25, -0.2) is 0 Å². The molecule has 0 radical (unpaired) electrons. The first kappa shape index (κ1) is 14.9. The van der Waals surface area contributed by atoms with Crippen molar-refractivity contribution in [1.29, 1.82) is 0 Å². The summed E-state index contributed by atoms with van der Waals surface area (Å²) in [7, 11) is 0. The molecule has 0 bridgehead atoms. The van der Waals surface area contributed by atoms with Crippen LogP contribution in [0.5, 0.6) is 0 Å². The molecular weight excluding hydrogens is 268 g/mol. The molecule has 0 saturated carbocycles. The van der Waals surface area contributed by atoms with Crippen LogP contribution in [0.25, 0.3) is 10.9 Å². The standard InChI is InChI=1S/C20H24N2/c1-14-9-10-20-19(11-14)18(12-15(2)21)16(3)22(20)13-17-7-5-4-6-8-17/h4-11,15H,12-13,21H2,1-3H3. The van der Waals surface area contributed by atoms with Crippen LogP contribution in [0.1, 0.15) is 29.3 Å². The van der Waals surface area contributed by atoms with Crippen molar-refractivity contribution in [1.82, 2.24) is 4.57 Å². The lowest BCUT2D eigenvalue weighted by Crippen LogP contribution is -2.18. The van der Waals surface area contributed by atoms with E-state index in [1.54, 1.807) is 0 Å². The third-order valence-corrected chi connectivity index (χ3v) is 4.32. The van der Waals surface area contributed by atoms with Crippen LogP contribution in [0, 0.1) is 13.8 Å². The molecule has 0 aliphatic carbocycles. The zero-order valence-electron chi connectivity index (χ0n) is 13.6. The lowest BCUT2D eigenvalue weighted by molar-refractivity contribution is 0.724. The molecule has 1 heterocycles. The molecule has 1 aromatic heterocycles.